The first-order chi connectivity index (χ1) is 15.5. The quantitative estimate of drug-likeness (QED) is 0.307. The van der Waals surface area contributed by atoms with Gasteiger partial charge in [-0.25, -0.2) is 9.50 Å². The van der Waals surface area contributed by atoms with Crippen molar-refractivity contribution in [3.8, 4) is 11.1 Å². The molecule has 0 aliphatic rings. The standard InChI is InChI=1S/C22H19ClN8O/c23-20-18(21(32)28-17(10-24)13-26-11-14-4-2-1-3-5-14)8-16(12-27-20)15-6-7-31-19(9-15)29-22(25)30-31/h1-10,12-13H,11,24H2,(H2,25,30)(H,28,32)/b17-10+,26-13?. The Morgan fingerprint density at radius 3 is 2.78 bits per heavy atom. The van der Waals surface area contributed by atoms with Crippen molar-refractivity contribution >= 4 is 35.3 Å². The molecule has 9 nitrogen and oxygen atoms in total. The average molecular weight is 447 g/mol. The minimum atomic E-state index is -0.458. The molecule has 10 heteroatoms. The second-order valence-electron chi connectivity index (χ2n) is 6.78. The Morgan fingerprint density at radius 1 is 1.19 bits per heavy atom. The lowest BCUT2D eigenvalue weighted by atomic mass is 10.1. The van der Waals surface area contributed by atoms with E-state index < -0.39 is 5.91 Å². The van der Waals surface area contributed by atoms with Crippen LogP contribution in [0, 0.1) is 0 Å². The number of fused-ring (bicyclic) bond motifs is 1. The van der Waals surface area contributed by atoms with Crippen molar-refractivity contribution in [1.82, 2.24) is 24.9 Å². The number of nitrogens with two attached hydrogens (primary N) is 2. The van der Waals surface area contributed by atoms with E-state index in [9.17, 15) is 4.79 Å². The molecule has 0 spiro atoms. The van der Waals surface area contributed by atoms with Gasteiger partial charge in [0, 0.05) is 30.4 Å². The molecular formula is C22H19ClN8O. The number of halogens is 1. The highest BCUT2D eigenvalue weighted by Crippen LogP contribution is 2.24. The number of aromatic nitrogens is 4. The van der Waals surface area contributed by atoms with Crippen molar-refractivity contribution in [1.29, 1.82) is 0 Å². The summed E-state index contributed by atoms with van der Waals surface area (Å²) < 4.78 is 1.56. The van der Waals surface area contributed by atoms with E-state index in [0.717, 1.165) is 11.1 Å². The largest absolute Gasteiger partial charge is 0.403 e. The molecule has 160 valence electrons. The minimum absolute atomic E-state index is 0.0663. The number of carbonyl (C=O) groups is 1. The number of benzene rings is 1. The fourth-order valence-corrected chi connectivity index (χ4v) is 3.18. The molecule has 4 rings (SSSR count). The number of nitrogen functional groups attached to an aromatic ring is 1. The maximum atomic E-state index is 12.8. The molecule has 0 radical (unpaired) electrons. The van der Waals surface area contributed by atoms with E-state index in [1.807, 2.05) is 36.4 Å². The summed E-state index contributed by atoms with van der Waals surface area (Å²) >= 11 is 6.19. The van der Waals surface area contributed by atoms with Crippen LogP contribution in [0.25, 0.3) is 16.8 Å². The van der Waals surface area contributed by atoms with Gasteiger partial charge in [0.2, 0.25) is 5.95 Å². The second-order valence-corrected chi connectivity index (χ2v) is 7.14. The van der Waals surface area contributed by atoms with Crippen molar-refractivity contribution < 1.29 is 4.79 Å². The van der Waals surface area contributed by atoms with Gasteiger partial charge in [-0.15, -0.1) is 5.10 Å². The van der Waals surface area contributed by atoms with Gasteiger partial charge in [0.25, 0.3) is 5.91 Å². The van der Waals surface area contributed by atoms with Gasteiger partial charge in [-0.2, -0.15) is 4.98 Å². The van der Waals surface area contributed by atoms with E-state index >= 15 is 0 Å². The summed E-state index contributed by atoms with van der Waals surface area (Å²) in [5, 5.41) is 6.81. The van der Waals surface area contributed by atoms with Crippen LogP contribution < -0.4 is 16.8 Å². The third-order valence-electron chi connectivity index (χ3n) is 4.56. The van der Waals surface area contributed by atoms with Crippen LogP contribution in [0.4, 0.5) is 5.95 Å². The lowest BCUT2D eigenvalue weighted by Gasteiger charge is -2.09. The Hall–Kier alpha value is -4.24. The zero-order valence-electron chi connectivity index (χ0n) is 16.8. The minimum Gasteiger partial charge on any atom is -0.403 e. The summed E-state index contributed by atoms with van der Waals surface area (Å²) in [6, 6.07) is 15.0. The number of hydrogen-bond donors (Lipinski definition) is 3. The van der Waals surface area contributed by atoms with Gasteiger partial charge in [0.15, 0.2) is 5.65 Å². The topological polar surface area (TPSA) is 137 Å². The summed E-state index contributed by atoms with van der Waals surface area (Å²) in [6.45, 7) is 0.460. The molecule has 0 saturated carbocycles. The predicted molar refractivity (Wildman–Crippen MR) is 124 cm³/mol. The summed E-state index contributed by atoms with van der Waals surface area (Å²) in [5.41, 5.74) is 14.9. The smallest absolute Gasteiger partial charge is 0.258 e. The molecule has 4 aromatic rings. The van der Waals surface area contributed by atoms with Crippen LogP contribution in [0.5, 0.6) is 0 Å². The molecule has 3 heterocycles. The van der Waals surface area contributed by atoms with E-state index in [2.05, 4.69) is 25.4 Å². The summed E-state index contributed by atoms with van der Waals surface area (Å²) in [5.74, 6) is -0.286. The van der Waals surface area contributed by atoms with Crippen molar-refractivity contribution in [2.24, 2.45) is 10.7 Å². The summed E-state index contributed by atoms with van der Waals surface area (Å²) in [4.78, 5) is 25.4. The second kappa shape index (κ2) is 9.27. The van der Waals surface area contributed by atoms with Crippen LogP contribution in [0.1, 0.15) is 15.9 Å². The molecule has 0 atom stereocenters. The van der Waals surface area contributed by atoms with E-state index in [-0.39, 0.29) is 16.7 Å². The number of nitrogens with one attached hydrogen (secondary N) is 1. The number of amides is 1. The molecule has 0 unspecified atom stereocenters. The number of allylic oxidation sites excluding steroid dienone is 1. The third kappa shape index (κ3) is 4.73. The van der Waals surface area contributed by atoms with Crippen LogP contribution in [-0.4, -0.2) is 31.7 Å². The van der Waals surface area contributed by atoms with Crippen molar-refractivity contribution in [2.45, 2.75) is 6.54 Å². The lowest BCUT2D eigenvalue weighted by Crippen LogP contribution is -2.25. The molecule has 0 aliphatic carbocycles. The predicted octanol–water partition coefficient (Wildman–Crippen LogP) is 2.83. The van der Waals surface area contributed by atoms with Gasteiger partial charge in [0.1, 0.15) is 5.15 Å². The molecule has 0 bridgehead atoms. The van der Waals surface area contributed by atoms with Crippen molar-refractivity contribution in [3.63, 3.8) is 0 Å². The first kappa shape index (κ1) is 21.0. The van der Waals surface area contributed by atoms with Crippen LogP contribution in [0.15, 0.2) is 77.8 Å². The molecular weight excluding hydrogens is 428 g/mol. The first-order valence-corrected chi connectivity index (χ1v) is 9.96. The maximum absolute atomic E-state index is 12.8. The summed E-state index contributed by atoms with van der Waals surface area (Å²) in [6.07, 6.45) is 6.06. The number of nitrogens with zero attached hydrogens (tertiary/aromatic N) is 5. The SMILES string of the molecule is N/C=C(\C=NCc1ccccc1)NC(=O)c1cc(-c2ccn3nc(N)nc3c2)cnc1Cl. The number of anilines is 1. The van der Waals surface area contributed by atoms with E-state index in [4.69, 9.17) is 23.1 Å². The Kier molecular flexibility index (Phi) is 6.09. The lowest BCUT2D eigenvalue weighted by molar-refractivity contribution is 0.0968. The van der Waals surface area contributed by atoms with E-state index in [1.165, 1.54) is 12.4 Å². The highest BCUT2D eigenvalue weighted by Gasteiger charge is 2.15. The zero-order valence-corrected chi connectivity index (χ0v) is 17.6. The molecule has 1 amide bonds. The fraction of sp³-hybridized carbons (Fsp3) is 0.0455. The van der Waals surface area contributed by atoms with Gasteiger partial charge in [0.05, 0.1) is 17.8 Å². The van der Waals surface area contributed by atoms with Crippen molar-refractivity contribution in [3.05, 3.63) is 89.1 Å². The fourth-order valence-electron chi connectivity index (χ4n) is 2.99. The van der Waals surface area contributed by atoms with Crippen molar-refractivity contribution in [2.75, 3.05) is 5.73 Å². The Labute approximate surface area is 188 Å². The van der Waals surface area contributed by atoms with Crippen LogP contribution in [-0.2, 0) is 6.54 Å². The molecule has 0 fully saturated rings. The van der Waals surface area contributed by atoms with Gasteiger partial charge in [-0.1, -0.05) is 41.9 Å². The number of hydrogen-bond acceptors (Lipinski definition) is 7. The van der Waals surface area contributed by atoms with E-state index in [1.54, 1.807) is 29.0 Å². The number of aliphatic imine (C=N–C) groups is 1. The summed E-state index contributed by atoms with van der Waals surface area (Å²) in [7, 11) is 0. The molecule has 32 heavy (non-hydrogen) atoms. The Morgan fingerprint density at radius 2 is 2.00 bits per heavy atom. The third-order valence-corrected chi connectivity index (χ3v) is 4.86. The van der Waals surface area contributed by atoms with Crippen LogP contribution in [0.3, 0.4) is 0 Å². The van der Waals surface area contributed by atoms with Gasteiger partial charge >= 0.3 is 0 Å². The highest BCUT2D eigenvalue weighted by molar-refractivity contribution is 6.32. The van der Waals surface area contributed by atoms with Gasteiger partial charge < -0.3 is 16.8 Å². The normalized spacial score (nSPS) is 11.8. The van der Waals surface area contributed by atoms with E-state index in [0.29, 0.717) is 23.5 Å². The number of rotatable bonds is 6. The van der Waals surface area contributed by atoms with Gasteiger partial charge in [-0.3, -0.25) is 9.79 Å². The molecule has 5 N–H and O–H groups in total. The molecule has 1 aromatic carbocycles. The molecule has 0 aliphatic heterocycles. The van der Waals surface area contributed by atoms with Gasteiger partial charge in [-0.05, 0) is 29.3 Å². The van der Waals surface area contributed by atoms with Crippen LogP contribution >= 0.6 is 11.6 Å². The van der Waals surface area contributed by atoms with Crippen LogP contribution in [0.2, 0.25) is 5.15 Å². The number of carbonyl (C=O) groups excluding carboxylic acids is 1. The average Bonchev–Trinajstić information content (AvgIpc) is 3.18. The number of pyridine rings is 2. The maximum Gasteiger partial charge on any atom is 0.258 e. The first-order valence-electron chi connectivity index (χ1n) is 9.58. The Bertz CT molecular complexity index is 1330. The zero-order chi connectivity index (χ0) is 22.5. The molecule has 0 saturated heterocycles. The monoisotopic (exact) mass is 446 g/mol. The molecule has 3 aromatic heterocycles. The Balaban J connectivity index is 1.52. The highest BCUT2D eigenvalue weighted by atomic mass is 35.5.